The van der Waals surface area contributed by atoms with E-state index < -0.39 is 5.97 Å². The molecule has 0 radical (unpaired) electrons. The van der Waals surface area contributed by atoms with Crippen molar-refractivity contribution in [3.8, 4) is 0 Å². The molecule has 0 saturated carbocycles. The van der Waals surface area contributed by atoms with Gasteiger partial charge in [0.1, 0.15) is 6.54 Å². The van der Waals surface area contributed by atoms with Crippen LogP contribution in [0, 0.1) is 0 Å². The fraction of sp³-hybridized carbons (Fsp3) is 0.385. The molecule has 1 N–H and O–H groups in total. The molecule has 0 aliphatic rings. The molecule has 2 aromatic heterocycles. The Morgan fingerprint density at radius 1 is 1.24 bits per heavy atom. The van der Waals surface area contributed by atoms with Gasteiger partial charge in [0.2, 0.25) is 5.95 Å². The van der Waals surface area contributed by atoms with Crippen LogP contribution in [0.1, 0.15) is 11.3 Å². The Labute approximate surface area is 126 Å². The van der Waals surface area contributed by atoms with Gasteiger partial charge in [-0.25, -0.2) is 15.0 Å². The molecule has 7 nitrogen and oxygen atoms in total. The van der Waals surface area contributed by atoms with Crippen LogP contribution in [0.15, 0.2) is 23.3 Å². The number of aliphatic carboxylic acids is 1. The molecule has 0 unspecified atom stereocenters. The lowest BCUT2D eigenvalue weighted by atomic mass is 10.3. The van der Waals surface area contributed by atoms with Gasteiger partial charge in [0.15, 0.2) is 0 Å². The summed E-state index contributed by atoms with van der Waals surface area (Å²) < 4.78 is 0. The Kier molecular flexibility index (Phi) is 5.18. The second-order valence-electron chi connectivity index (χ2n) is 4.79. The van der Waals surface area contributed by atoms with E-state index in [1.807, 2.05) is 17.9 Å². The molecule has 0 aliphatic heterocycles. The third-order valence-corrected chi connectivity index (χ3v) is 3.41. The summed E-state index contributed by atoms with van der Waals surface area (Å²) in [6.45, 7) is 1.35. The Hall–Kier alpha value is -2.06. The summed E-state index contributed by atoms with van der Waals surface area (Å²) in [5, 5.41) is 10.8. The second kappa shape index (κ2) is 7.09. The molecule has 0 aromatic carbocycles. The van der Waals surface area contributed by atoms with Crippen LogP contribution in [0.3, 0.4) is 0 Å². The zero-order valence-electron chi connectivity index (χ0n) is 11.9. The normalized spacial score (nSPS) is 10.8. The molecule has 0 amide bonds. The average molecular weight is 307 g/mol. The van der Waals surface area contributed by atoms with Crippen LogP contribution < -0.4 is 4.90 Å². The SMILES string of the molecule is CN(Cc1cnc(N(C)CC(=O)O)nc1)Cc1cscn1. The molecule has 0 aliphatic carbocycles. The summed E-state index contributed by atoms with van der Waals surface area (Å²) in [5.41, 5.74) is 3.83. The topological polar surface area (TPSA) is 82.5 Å². The molecule has 2 aromatic rings. The van der Waals surface area contributed by atoms with Crippen molar-refractivity contribution in [3.63, 3.8) is 0 Å². The molecule has 2 heterocycles. The number of anilines is 1. The molecule has 0 atom stereocenters. The number of aromatic nitrogens is 3. The van der Waals surface area contributed by atoms with E-state index in [9.17, 15) is 4.79 Å². The first-order chi connectivity index (χ1) is 10.0. The van der Waals surface area contributed by atoms with Gasteiger partial charge in [-0.15, -0.1) is 11.3 Å². The van der Waals surface area contributed by atoms with Crippen LogP contribution in [-0.2, 0) is 17.9 Å². The van der Waals surface area contributed by atoms with E-state index in [-0.39, 0.29) is 6.54 Å². The van der Waals surface area contributed by atoms with Gasteiger partial charge in [-0.2, -0.15) is 0 Å². The Morgan fingerprint density at radius 2 is 1.95 bits per heavy atom. The minimum atomic E-state index is -0.909. The van der Waals surface area contributed by atoms with Gasteiger partial charge in [-0.1, -0.05) is 0 Å². The number of hydrogen-bond acceptors (Lipinski definition) is 7. The van der Waals surface area contributed by atoms with Crippen molar-refractivity contribution < 1.29 is 9.90 Å². The predicted octanol–water partition coefficient (Wildman–Crippen LogP) is 1.09. The van der Waals surface area contributed by atoms with Gasteiger partial charge in [0.25, 0.3) is 0 Å². The smallest absolute Gasteiger partial charge is 0.323 e. The van der Waals surface area contributed by atoms with E-state index in [1.165, 1.54) is 4.90 Å². The van der Waals surface area contributed by atoms with Crippen LogP contribution in [0.5, 0.6) is 0 Å². The first-order valence-corrected chi connectivity index (χ1v) is 7.28. The van der Waals surface area contributed by atoms with E-state index in [1.54, 1.807) is 30.8 Å². The predicted molar refractivity (Wildman–Crippen MR) is 80.2 cm³/mol. The molecular weight excluding hydrogens is 290 g/mol. The quantitative estimate of drug-likeness (QED) is 0.819. The van der Waals surface area contributed by atoms with Crippen LogP contribution >= 0.6 is 11.3 Å². The third-order valence-electron chi connectivity index (χ3n) is 2.77. The first kappa shape index (κ1) is 15.3. The number of likely N-dealkylation sites (N-methyl/N-ethyl adjacent to an activating group) is 1. The summed E-state index contributed by atoms with van der Waals surface area (Å²) in [7, 11) is 3.65. The minimum absolute atomic E-state index is 0.122. The number of carboxylic acids is 1. The molecule has 2 rings (SSSR count). The summed E-state index contributed by atoms with van der Waals surface area (Å²) in [5.74, 6) is -0.503. The minimum Gasteiger partial charge on any atom is -0.480 e. The average Bonchev–Trinajstić information content (AvgIpc) is 2.91. The summed E-state index contributed by atoms with van der Waals surface area (Å²) in [6, 6.07) is 0. The lowest BCUT2D eigenvalue weighted by Crippen LogP contribution is -2.27. The number of thiazole rings is 1. The zero-order valence-corrected chi connectivity index (χ0v) is 12.7. The van der Waals surface area contributed by atoms with Crippen molar-refractivity contribution in [1.82, 2.24) is 19.9 Å². The summed E-state index contributed by atoms with van der Waals surface area (Å²) in [6.07, 6.45) is 3.44. The van der Waals surface area contributed by atoms with Crippen LogP contribution in [-0.4, -0.2) is 51.6 Å². The molecule has 0 saturated heterocycles. The standard InChI is InChI=1S/C13H17N5O2S/c1-17(6-11-8-21-9-16-11)5-10-3-14-13(15-4-10)18(2)7-12(19)20/h3-4,8-9H,5-7H2,1-2H3,(H,19,20). The monoisotopic (exact) mass is 307 g/mol. The van der Waals surface area contributed by atoms with Gasteiger partial charge >= 0.3 is 5.97 Å². The molecule has 8 heteroatoms. The fourth-order valence-corrected chi connectivity index (χ4v) is 2.41. The van der Waals surface area contributed by atoms with Gasteiger partial charge in [-0.05, 0) is 7.05 Å². The van der Waals surface area contributed by atoms with Gasteiger partial charge < -0.3 is 10.0 Å². The first-order valence-electron chi connectivity index (χ1n) is 6.34. The molecule has 112 valence electrons. The molecule has 0 bridgehead atoms. The summed E-state index contributed by atoms with van der Waals surface area (Å²) >= 11 is 1.58. The Balaban J connectivity index is 1.91. The highest BCUT2D eigenvalue weighted by molar-refractivity contribution is 7.07. The largest absolute Gasteiger partial charge is 0.480 e. The number of hydrogen-bond donors (Lipinski definition) is 1. The van der Waals surface area contributed by atoms with Crippen LogP contribution in [0.2, 0.25) is 0 Å². The molecular formula is C13H17N5O2S. The zero-order chi connectivity index (χ0) is 15.2. The van der Waals surface area contributed by atoms with E-state index in [4.69, 9.17) is 5.11 Å². The van der Waals surface area contributed by atoms with E-state index in [2.05, 4.69) is 19.9 Å². The van der Waals surface area contributed by atoms with Crippen molar-refractivity contribution in [2.75, 3.05) is 25.5 Å². The highest BCUT2D eigenvalue weighted by Gasteiger charge is 2.09. The number of rotatable bonds is 7. The van der Waals surface area contributed by atoms with Gasteiger partial charge in [0.05, 0.1) is 11.2 Å². The van der Waals surface area contributed by atoms with Crippen molar-refractivity contribution in [2.45, 2.75) is 13.1 Å². The number of carboxylic acid groups (broad SMARTS) is 1. The molecule has 0 spiro atoms. The number of carbonyl (C=O) groups is 1. The maximum atomic E-state index is 10.6. The summed E-state index contributed by atoms with van der Waals surface area (Å²) in [4.78, 5) is 26.9. The lowest BCUT2D eigenvalue weighted by Gasteiger charge is -2.17. The van der Waals surface area contributed by atoms with E-state index in [0.29, 0.717) is 12.5 Å². The van der Waals surface area contributed by atoms with Gasteiger partial charge in [-0.3, -0.25) is 9.69 Å². The van der Waals surface area contributed by atoms with Crippen LogP contribution in [0.25, 0.3) is 0 Å². The highest BCUT2D eigenvalue weighted by atomic mass is 32.1. The maximum absolute atomic E-state index is 10.6. The molecule has 0 fully saturated rings. The van der Waals surface area contributed by atoms with Gasteiger partial charge in [0, 0.05) is 43.5 Å². The maximum Gasteiger partial charge on any atom is 0.323 e. The highest BCUT2D eigenvalue weighted by Crippen LogP contribution is 2.09. The molecule has 21 heavy (non-hydrogen) atoms. The third kappa shape index (κ3) is 4.76. The second-order valence-corrected chi connectivity index (χ2v) is 5.51. The lowest BCUT2D eigenvalue weighted by molar-refractivity contribution is -0.135. The van der Waals surface area contributed by atoms with Crippen molar-refractivity contribution in [2.24, 2.45) is 0 Å². The fourth-order valence-electron chi connectivity index (χ4n) is 1.86. The Bertz CT molecular complexity index is 573. The van der Waals surface area contributed by atoms with Crippen LogP contribution in [0.4, 0.5) is 5.95 Å². The van der Waals surface area contributed by atoms with E-state index in [0.717, 1.165) is 17.8 Å². The Morgan fingerprint density at radius 3 is 2.52 bits per heavy atom. The number of nitrogens with zero attached hydrogens (tertiary/aromatic N) is 5. The van der Waals surface area contributed by atoms with Crippen molar-refractivity contribution in [1.29, 1.82) is 0 Å². The van der Waals surface area contributed by atoms with Crippen molar-refractivity contribution >= 4 is 23.3 Å². The van der Waals surface area contributed by atoms with E-state index >= 15 is 0 Å². The van der Waals surface area contributed by atoms with Crippen molar-refractivity contribution in [3.05, 3.63) is 34.5 Å².